The summed E-state index contributed by atoms with van der Waals surface area (Å²) in [6, 6.07) is 15.1. The highest BCUT2D eigenvalue weighted by atomic mass is 16.5. The van der Waals surface area contributed by atoms with Gasteiger partial charge in [-0.05, 0) is 53.9 Å². The minimum atomic E-state index is -1.07. The van der Waals surface area contributed by atoms with Gasteiger partial charge in [-0.15, -0.1) is 0 Å². The van der Waals surface area contributed by atoms with Crippen LogP contribution in [0, 0.1) is 5.92 Å². The van der Waals surface area contributed by atoms with Crippen LogP contribution in [0.25, 0.3) is 11.1 Å². The van der Waals surface area contributed by atoms with Crippen LogP contribution in [0.5, 0.6) is 0 Å². The average Bonchev–Trinajstić information content (AvgIpc) is 3.16. The van der Waals surface area contributed by atoms with E-state index in [1.807, 2.05) is 48.2 Å². The third kappa shape index (κ3) is 5.24. The number of carboxylic acid groups (broad SMARTS) is 1. The van der Waals surface area contributed by atoms with Gasteiger partial charge < -0.3 is 20.1 Å². The van der Waals surface area contributed by atoms with Crippen LogP contribution in [-0.4, -0.2) is 53.7 Å². The molecule has 1 heterocycles. The number of benzene rings is 2. The number of likely N-dealkylation sites (tertiary alicyclic amines) is 1. The SMILES string of the molecule is CCCC(=O)N1CCC(C[C@H](NC(=O)OCC2c3ccccc3-c3ccccc32)C(=O)O)CC1. The first-order valence-electron chi connectivity index (χ1n) is 12.1. The molecule has 0 spiro atoms. The highest BCUT2D eigenvalue weighted by molar-refractivity contribution is 5.81. The average molecular weight is 465 g/mol. The molecular weight excluding hydrogens is 432 g/mol. The van der Waals surface area contributed by atoms with Crippen molar-refractivity contribution in [3.8, 4) is 11.1 Å². The Morgan fingerprint density at radius 3 is 2.18 bits per heavy atom. The molecule has 4 rings (SSSR count). The van der Waals surface area contributed by atoms with Crippen LogP contribution in [-0.2, 0) is 14.3 Å². The van der Waals surface area contributed by atoms with Crippen LogP contribution in [0.2, 0.25) is 0 Å². The van der Waals surface area contributed by atoms with Gasteiger partial charge in [-0.1, -0.05) is 55.5 Å². The van der Waals surface area contributed by atoms with E-state index in [1.54, 1.807) is 0 Å². The molecule has 2 aromatic rings. The number of carbonyl (C=O) groups is 3. The summed E-state index contributed by atoms with van der Waals surface area (Å²) in [4.78, 5) is 38.3. The quantitative estimate of drug-likeness (QED) is 0.603. The number of nitrogens with one attached hydrogen (secondary N) is 1. The van der Waals surface area contributed by atoms with Crippen LogP contribution in [0.4, 0.5) is 4.79 Å². The number of nitrogens with zero attached hydrogens (tertiary/aromatic N) is 1. The molecular formula is C27H32N2O5. The molecule has 2 amide bonds. The molecule has 2 aliphatic rings. The summed E-state index contributed by atoms with van der Waals surface area (Å²) in [5, 5.41) is 12.2. The van der Waals surface area contributed by atoms with Gasteiger partial charge in [0.05, 0.1) is 0 Å². The lowest BCUT2D eigenvalue weighted by molar-refractivity contribution is -0.140. The molecule has 1 atom stereocenters. The van der Waals surface area contributed by atoms with E-state index in [-0.39, 0.29) is 24.3 Å². The van der Waals surface area contributed by atoms with E-state index < -0.39 is 18.1 Å². The molecule has 34 heavy (non-hydrogen) atoms. The Hall–Kier alpha value is -3.35. The third-order valence-corrected chi connectivity index (χ3v) is 6.93. The van der Waals surface area contributed by atoms with Crippen LogP contribution in [0.15, 0.2) is 48.5 Å². The second-order valence-corrected chi connectivity index (χ2v) is 9.17. The van der Waals surface area contributed by atoms with Crippen molar-refractivity contribution in [2.75, 3.05) is 19.7 Å². The van der Waals surface area contributed by atoms with Gasteiger partial charge in [-0.25, -0.2) is 9.59 Å². The van der Waals surface area contributed by atoms with Crippen LogP contribution in [0.3, 0.4) is 0 Å². The Bertz CT molecular complexity index is 999. The lowest BCUT2D eigenvalue weighted by Crippen LogP contribution is -2.45. The summed E-state index contributed by atoms with van der Waals surface area (Å²) in [6.07, 6.45) is 2.46. The van der Waals surface area contributed by atoms with Crippen molar-refractivity contribution in [2.24, 2.45) is 5.92 Å². The fraction of sp³-hybridized carbons (Fsp3) is 0.444. The maximum Gasteiger partial charge on any atom is 0.407 e. The number of amides is 2. The molecule has 0 radical (unpaired) electrons. The Kier molecular flexibility index (Phi) is 7.50. The Balaban J connectivity index is 1.31. The Morgan fingerprint density at radius 1 is 1.03 bits per heavy atom. The summed E-state index contributed by atoms with van der Waals surface area (Å²) in [5.41, 5.74) is 4.49. The fourth-order valence-corrected chi connectivity index (χ4v) is 5.13. The number of aliphatic carboxylic acids is 1. The molecule has 7 heteroatoms. The second-order valence-electron chi connectivity index (χ2n) is 9.17. The van der Waals surface area contributed by atoms with Crippen molar-refractivity contribution >= 4 is 18.0 Å². The van der Waals surface area contributed by atoms with E-state index in [0.717, 1.165) is 41.5 Å². The van der Waals surface area contributed by atoms with Gasteiger partial charge in [0.15, 0.2) is 0 Å². The minimum Gasteiger partial charge on any atom is -0.480 e. The standard InChI is InChI=1S/C27H32N2O5/c1-2-7-25(30)29-14-12-18(13-15-29)16-24(26(31)32)28-27(33)34-17-23-21-10-5-3-8-19(21)20-9-4-6-11-22(20)23/h3-6,8-11,18,23-24H,2,7,12-17H2,1H3,(H,28,33)(H,31,32)/t24-/m0/s1. The van der Waals surface area contributed by atoms with Gasteiger partial charge in [0, 0.05) is 25.4 Å². The molecule has 0 bridgehead atoms. The number of hydrogen-bond acceptors (Lipinski definition) is 4. The van der Waals surface area contributed by atoms with Gasteiger partial charge in [0.2, 0.25) is 5.91 Å². The number of alkyl carbamates (subject to hydrolysis) is 1. The summed E-state index contributed by atoms with van der Waals surface area (Å²) in [6.45, 7) is 3.41. The zero-order valence-electron chi connectivity index (χ0n) is 19.5. The zero-order valence-corrected chi connectivity index (χ0v) is 19.5. The van der Waals surface area contributed by atoms with Crippen LogP contribution < -0.4 is 5.32 Å². The van der Waals surface area contributed by atoms with Crippen molar-refractivity contribution in [2.45, 2.75) is 51.0 Å². The van der Waals surface area contributed by atoms with Crippen LogP contribution in [0.1, 0.15) is 56.1 Å². The maximum atomic E-state index is 12.5. The van der Waals surface area contributed by atoms with E-state index in [0.29, 0.717) is 25.9 Å². The number of ether oxygens (including phenoxy) is 1. The second kappa shape index (κ2) is 10.7. The Morgan fingerprint density at radius 2 is 1.62 bits per heavy atom. The first-order chi connectivity index (χ1) is 16.5. The van der Waals surface area contributed by atoms with E-state index in [1.165, 1.54) is 0 Å². The number of carbonyl (C=O) groups excluding carboxylic acids is 2. The highest BCUT2D eigenvalue weighted by Gasteiger charge is 2.31. The van der Waals surface area contributed by atoms with Gasteiger partial charge in [0.25, 0.3) is 0 Å². The lowest BCUT2D eigenvalue weighted by Gasteiger charge is -2.33. The van der Waals surface area contributed by atoms with E-state index >= 15 is 0 Å². The maximum absolute atomic E-state index is 12.5. The molecule has 1 saturated heterocycles. The number of fused-ring (bicyclic) bond motifs is 3. The van der Waals surface area contributed by atoms with Gasteiger partial charge >= 0.3 is 12.1 Å². The van der Waals surface area contributed by atoms with Crippen molar-refractivity contribution in [3.05, 3.63) is 59.7 Å². The summed E-state index contributed by atoms with van der Waals surface area (Å²) in [5.74, 6) is -0.849. The van der Waals surface area contributed by atoms with Crippen molar-refractivity contribution in [1.82, 2.24) is 10.2 Å². The van der Waals surface area contributed by atoms with Gasteiger partial charge in [-0.3, -0.25) is 4.79 Å². The molecule has 2 aromatic carbocycles. The first-order valence-corrected chi connectivity index (χ1v) is 12.1. The van der Waals surface area contributed by atoms with E-state index in [9.17, 15) is 19.5 Å². The molecule has 0 aromatic heterocycles. The van der Waals surface area contributed by atoms with Crippen molar-refractivity contribution in [3.63, 3.8) is 0 Å². The number of hydrogen-bond donors (Lipinski definition) is 2. The predicted molar refractivity (Wildman–Crippen MR) is 128 cm³/mol. The number of piperidine rings is 1. The largest absolute Gasteiger partial charge is 0.480 e. The molecule has 7 nitrogen and oxygen atoms in total. The molecule has 1 aliphatic carbocycles. The number of carboxylic acids is 1. The summed E-state index contributed by atoms with van der Waals surface area (Å²) in [7, 11) is 0. The zero-order chi connectivity index (χ0) is 24.1. The van der Waals surface area contributed by atoms with Crippen molar-refractivity contribution in [1.29, 1.82) is 0 Å². The van der Waals surface area contributed by atoms with Gasteiger partial charge in [-0.2, -0.15) is 0 Å². The summed E-state index contributed by atoms with van der Waals surface area (Å²) >= 11 is 0. The van der Waals surface area contributed by atoms with E-state index in [4.69, 9.17) is 4.74 Å². The van der Waals surface area contributed by atoms with Crippen LogP contribution >= 0.6 is 0 Å². The monoisotopic (exact) mass is 464 g/mol. The molecule has 1 aliphatic heterocycles. The highest BCUT2D eigenvalue weighted by Crippen LogP contribution is 2.44. The summed E-state index contributed by atoms with van der Waals surface area (Å²) < 4.78 is 5.52. The third-order valence-electron chi connectivity index (χ3n) is 6.93. The Labute approximate surface area is 200 Å². The minimum absolute atomic E-state index is 0.0774. The molecule has 0 saturated carbocycles. The predicted octanol–water partition coefficient (Wildman–Crippen LogP) is 4.41. The number of rotatable bonds is 8. The molecule has 180 valence electrons. The fourth-order valence-electron chi connectivity index (χ4n) is 5.13. The normalized spacial score (nSPS) is 16.4. The van der Waals surface area contributed by atoms with Gasteiger partial charge in [0.1, 0.15) is 12.6 Å². The molecule has 1 fully saturated rings. The lowest BCUT2D eigenvalue weighted by atomic mass is 9.90. The topological polar surface area (TPSA) is 95.9 Å². The van der Waals surface area contributed by atoms with E-state index in [2.05, 4.69) is 17.4 Å². The van der Waals surface area contributed by atoms with Crippen molar-refractivity contribution < 1.29 is 24.2 Å². The molecule has 2 N–H and O–H groups in total. The smallest absolute Gasteiger partial charge is 0.407 e. The first kappa shape index (κ1) is 23.8. The molecule has 0 unspecified atom stereocenters.